The van der Waals surface area contributed by atoms with Gasteiger partial charge in [-0.25, -0.2) is 0 Å². The molecule has 0 aromatic carbocycles. The van der Waals surface area contributed by atoms with Gasteiger partial charge in [-0.05, 0) is 19.2 Å². The number of nitrogens with zero attached hydrogens (tertiary/aromatic N) is 1. The number of aryl methyl sites for hydroxylation is 1. The fourth-order valence-corrected chi connectivity index (χ4v) is 2.27. The molecule has 0 radical (unpaired) electrons. The monoisotopic (exact) mass is 208 g/mol. The molecule has 0 saturated heterocycles. The number of nitrogens with one attached hydrogen (secondary N) is 1. The van der Waals surface area contributed by atoms with Crippen molar-refractivity contribution < 1.29 is 4.74 Å². The normalized spacial score (nSPS) is 10.8. The minimum Gasteiger partial charge on any atom is -0.481 e. The van der Waals surface area contributed by atoms with Crippen LogP contribution < -0.4 is 4.74 Å². The second-order valence-corrected chi connectivity index (χ2v) is 3.85. The summed E-state index contributed by atoms with van der Waals surface area (Å²) in [5, 5.41) is 1.16. The van der Waals surface area contributed by atoms with Crippen molar-refractivity contribution in [2.24, 2.45) is 0 Å². The van der Waals surface area contributed by atoms with E-state index in [0.717, 1.165) is 16.7 Å². The molecule has 0 aliphatic rings. The van der Waals surface area contributed by atoms with Gasteiger partial charge in [0.25, 0.3) is 0 Å². The van der Waals surface area contributed by atoms with Crippen LogP contribution in [-0.2, 0) is 0 Å². The Bertz CT molecular complexity index is 464. The Hall–Kier alpha value is -1.16. The number of hydrogen-bond acceptors (Lipinski definition) is 3. The molecule has 3 nitrogen and oxygen atoms in total. The second-order valence-electron chi connectivity index (χ2n) is 3.03. The Morgan fingerprint density at radius 2 is 2.21 bits per heavy atom. The van der Waals surface area contributed by atoms with E-state index in [0.29, 0.717) is 5.88 Å². The molecule has 1 N–H and O–H groups in total. The highest BCUT2D eigenvalue weighted by molar-refractivity contribution is 7.98. The van der Waals surface area contributed by atoms with E-state index in [9.17, 15) is 0 Å². The van der Waals surface area contributed by atoms with Gasteiger partial charge in [0.15, 0.2) is 0 Å². The highest BCUT2D eigenvalue weighted by atomic mass is 32.2. The summed E-state index contributed by atoms with van der Waals surface area (Å²) < 4.78 is 5.07. The maximum atomic E-state index is 5.07. The van der Waals surface area contributed by atoms with Gasteiger partial charge in [0.2, 0.25) is 5.88 Å². The molecular formula is C10H12N2OS. The van der Waals surface area contributed by atoms with E-state index in [4.69, 9.17) is 4.74 Å². The summed E-state index contributed by atoms with van der Waals surface area (Å²) in [4.78, 5) is 8.83. The van der Waals surface area contributed by atoms with E-state index in [2.05, 4.69) is 23.1 Å². The number of rotatable bonds is 2. The van der Waals surface area contributed by atoms with Crippen LogP contribution in [0.4, 0.5) is 0 Å². The molecular weight excluding hydrogens is 196 g/mol. The predicted octanol–water partition coefficient (Wildman–Crippen LogP) is 2.60. The first-order chi connectivity index (χ1) is 6.76. The average molecular weight is 208 g/mol. The number of hydrogen-bond donors (Lipinski definition) is 1. The van der Waals surface area contributed by atoms with Crippen LogP contribution in [0.3, 0.4) is 0 Å². The Labute approximate surface area is 86.9 Å². The Balaban J connectivity index is 2.68. The first-order valence-electron chi connectivity index (χ1n) is 4.33. The zero-order chi connectivity index (χ0) is 10.1. The average Bonchev–Trinajstić information content (AvgIpc) is 2.51. The summed E-state index contributed by atoms with van der Waals surface area (Å²) in [5.74, 6) is 0.645. The molecule has 0 unspecified atom stereocenters. The SMILES string of the molecule is COc1ccc2c(SC)c(C)[nH]c2n1. The molecule has 2 heterocycles. The van der Waals surface area contributed by atoms with Crippen LogP contribution in [0.1, 0.15) is 5.69 Å². The highest BCUT2D eigenvalue weighted by Crippen LogP contribution is 2.29. The molecule has 0 amide bonds. The first-order valence-corrected chi connectivity index (χ1v) is 5.56. The highest BCUT2D eigenvalue weighted by Gasteiger charge is 2.08. The molecule has 4 heteroatoms. The molecule has 0 spiro atoms. The first kappa shape index (κ1) is 9.40. The van der Waals surface area contributed by atoms with Gasteiger partial charge in [-0.2, -0.15) is 4.98 Å². The van der Waals surface area contributed by atoms with Crippen molar-refractivity contribution in [1.82, 2.24) is 9.97 Å². The Kier molecular flexibility index (Phi) is 2.37. The van der Waals surface area contributed by atoms with Crippen LogP contribution in [0, 0.1) is 6.92 Å². The summed E-state index contributed by atoms with van der Waals surface area (Å²) in [6, 6.07) is 3.92. The van der Waals surface area contributed by atoms with E-state index in [-0.39, 0.29) is 0 Å². The van der Waals surface area contributed by atoms with Gasteiger partial charge in [0, 0.05) is 22.0 Å². The van der Waals surface area contributed by atoms with E-state index in [1.54, 1.807) is 18.9 Å². The minimum absolute atomic E-state index is 0.645. The summed E-state index contributed by atoms with van der Waals surface area (Å²) in [6.07, 6.45) is 2.07. The van der Waals surface area contributed by atoms with Crippen molar-refractivity contribution in [2.75, 3.05) is 13.4 Å². The van der Waals surface area contributed by atoms with E-state index < -0.39 is 0 Å². The summed E-state index contributed by atoms with van der Waals surface area (Å²) >= 11 is 1.73. The Morgan fingerprint density at radius 1 is 1.43 bits per heavy atom. The van der Waals surface area contributed by atoms with Crippen LogP contribution in [0.25, 0.3) is 11.0 Å². The number of pyridine rings is 1. The van der Waals surface area contributed by atoms with Crippen molar-refractivity contribution in [1.29, 1.82) is 0 Å². The molecule has 74 valence electrons. The van der Waals surface area contributed by atoms with Crippen molar-refractivity contribution in [2.45, 2.75) is 11.8 Å². The molecule has 0 bridgehead atoms. The maximum absolute atomic E-state index is 5.07. The van der Waals surface area contributed by atoms with Gasteiger partial charge < -0.3 is 9.72 Å². The van der Waals surface area contributed by atoms with Gasteiger partial charge >= 0.3 is 0 Å². The number of H-pyrrole nitrogens is 1. The molecule has 0 aliphatic carbocycles. The second kappa shape index (κ2) is 3.53. The van der Waals surface area contributed by atoms with E-state index in [1.165, 1.54) is 4.90 Å². The third-order valence-electron chi connectivity index (χ3n) is 2.17. The van der Waals surface area contributed by atoms with Crippen molar-refractivity contribution in [3.05, 3.63) is 17.8 Å². The van der Waals surface area contributed by atoms with Gasteiger partial charge in [0.1, 0.15) is 5.65 Å². The third-order valence-corrected chi connectivity index (χ3v) is 3.11. The lowest BCUT2D eigenvalue weighted by Gasteiger charge is -1.97. The van der Waals surface area contributed by atoms with Crippen molar-refractivity contribution >= 4 is 22.8 Å². The third kappa shape index (κ3) is 1.35. The standard InChI is InChI=1S/C10H12N2OS/c1-6-9(14-3)7-4-5-8(13-2)12-10(7)11-6/h4-5H,1-3H3,(H,11,12). The molecule has 2 aromatic rings. The van der Waals surface area contributed by atoms with Crippen LogP contribution >= 0.6 is 11.8 Å². The van der Waals surface area contributed by atoms with Gasteiger partial charge in [-0.1, -0.05) is 0 Å². The molecule has 0 fully saturated rings. The number of aromatic nitrogens is 2. The van der Waals surface area contributed by atoms with Crippen LogP contribution in [0.5, 0.6) is 5.88 Å². The lowest BCUT2D eigenvalue weighted by molar-refractivity contribution is 0.399. The smallest absolute Gasteiger partial charge is 0.214 e. The van der Waals surface area contributed by atoms with Gasteiger partial charge in [-0.3, -0.25) is 0 Å². The summed E-state index contributed by atoms with van der Waals surface area (Å²) in [6.45, 7) is 2.06. The summed E-state index contributed by atoms with van der Waals surface area (Å²) in [7, 11) is 1.62. The summed E-state index contributed by atoms with van der Waals surface area (Å²) in [5.41, 5.74) is 2.06. The largest absolute Gasteiger partial charge is 0.481 e. The lowest BCUT2D eigenvalue weighted by Crippen LogP contribution is -1.86. The molecule has 2 aromatic heterocycles. The number of ether oxygens (including phenoxy) is 1. The number of thioether (sulfide) groups is 1. The fraction of sp³-hybridized carbons (Fsp3) is 0.300. The molecule has 14 heavy (non-hydrogen) atoms. The van der Waals surface area contributed by atoms with E-state index in [1.807, 2.05) is 12.1 Å². The van der Waals surface area contributed by atoms with E-state index >= 15 is 0 Å². The van der Waals surface area contributed by atoms with Crippen LogP contribution in [0.15, 0.2) is 17.0 Å². The quantitative estimate of drug-likeness (QED) is 0.771. The number of fused-ring (bicyclic) bond motifs is 1. The van der Waals surface area contributed by atoms with Crippen molar-refractivity contribution in [3.63, 3.8) is 0 Å². The maximum Gasteiger partial charge on any atom is 0.214 e. The predicted molar refractivity (Wildman–Crippen MR) is 59.2 cm³/mol. The number of aromatic amines is 1. The fourth-order valence-electron chi connectivity index (χ4n) is 1.53. The van der Waals surface area contributed by atoms with Crippen molar-refractivity contribution in [3.8, 4) is 5.88 Å². The zero-order valence-electron chi connectivity index (χ0n) is 8.42. The molecule has 0 atom stereocenters. The van der Waals surface area contributed by atoms with Gasteiger partial charge in [-0.15, -0.1) is 11.8 Å². The van der Waals surface area contributed by atoms with Crippen LogP contribution in [0.2, 0.25) is 0 Å². The molecule has 2 rings (SSSR count). The van der Waals surface area contributed by atoms with Crippen LogP contribution in [-0.4, -0.2) is 23.3 Å². The molecule has 0 saturated carbocycles. The number of methoxy groups -OCH3 is 1. The van der Waals surface area contributed by atoms with Gasteiger partial charge in [0.05, 0.1) is 7.11 Å². The topological polar surface area (TPSA) is 37.9 Å². The Morgan fingerprint density at radius 3 is 2.86 bits per heavy atom. The minimum atomic E-state index is 0.645. The lowest BCUT2D eigenvalue weighted by atomic mass is 10.3. The molecule has 0 aliphatic heterocycles. The zero-order valence-corrected chi connectivity index (χ0v) is 9.23.